The highest BCUT2D eigenvalue weighted by Crippen LogP contribution is 2.12. The lowest BCUT2D eigenvalue weighted by molar-refractivity contribution is 0.0228. The Morgan fingerprint density at radius 1 is 1.13 bits per heavy atom. The van der Waals surface area contributed by atoms with Gasteiger partial charge in [0, 0.05) is 5.69 Å². The van der Waals surface area contributed by atoms with Gasteiger partial charge in [0.2, 0.25) is 0 Å². The predicted octanol–water partition coefficient (Wildman–Crippen LogP) is 2.87. The van der Waals surface area contributed by atoms with Gasteiger partial charge in [-0.1, -0.05) is 30.3 Å². The van der Waals surface area contributed by atoms with Crippen LogP contribution in [0.25, 0.3) is 5.69 Å². The third kappa shape index (κ3) is 3.61. The lowest BCUT2D eigenvalue weighted by atomic mass is 10.2. The van der Waals surface area contributed by atoms with Crippen LogP contribution in [0.3, 0.4) is 0 Å². The zero-order valence-electron chi connectivity index (χ0n) is 12.1. The number of hydrogen-bond donors (Lipinski definition) is 1. The minimum absolute atomic E-state index is 0.261. The predicted molar refractivity (Wildman–Crippen MR) is 82.2 cm³/mol. The van der Waals surface area contributed by atoms with Crippen molar-refractivity contribution >= 4 is 5.91 Å². The van der Waals surface area contributed by atoms with E-state index in [0.717, 1.165) is 5.56 Å². The van der Waals surface area contributed by atoms with E-state index in [9.17, 15) is 9.18 Å². The van der Waals surface area contributed by atoms with Crippen LogP contribution in [-0.2, 0) is 11.4 Å². The monoisotopic (exact) mass is 311 g/mol. The number of benzene rings is 2. The van der Waals surface area contributed by atoms with Gasteiger partial charge in [-0.2, -0.15) is 0 Å². The minimum atomic E-state index is -0.428. The van der Waals surface area contributed by atoms with E-state index in [4.69, 9.17) is 4.84 Å². The van der Waals surface area contributed by atoms with Crippen LogP contribution in [0.1, 0.15) is 16.1 Å². The maximum atomic E-state index is 13.0. The van der Waals surface area contributed by atoms with Crippen LogP contribution in [0, 0.1) is 5.82 Å². The molecule has 116 valence electrons. The molecule has 1 aromatic heterocycles. The molecule has 1 amide bonds. The number of imidazole rings is 1. The van der Waals surface area contributed by atoms with E-state index in [1.165, 1.54) is 24.7 Å². The van der Waals surface area contributed by atoms with Crippen molar-refractivity contribution in [2.75, 3.05) is 0 Å². The number of aromatic nitrogens is 2. The van der Waals surface area contributed by atoms with Crippen molar-refractivity contribution in [2.45, 2.75) is 6.61 Å². The van der Waals surface area contributed by atoms with Crippen molar-refractivity contribution in [3.63, 3.8) is 0 Å². The van der Waals surface area contributed by atoms with Gasteiger partial charge in [0.25, 0.3) is 5.91 Å². The zero-order chi connectivity index (χ0) is 16.1. The molecular formula is C17H14FN3O2. The highest BCUT2D eigenvalue weighted by molar-refractivity contribution is 5.92. The fourth-order valence-electron chi connectivity index (χ4n) is 2.08. The summed E-state index contributed by atoms with van der Waals surface area (Å²) in [5, 5.41) is 0. The Balaban J connectivity index is 1.66. The molecule has 0 aliphatic carbocycles. The third-order valence-electron chi connectivity index (χ3n) is 3.22. The first-order valence-electron chi connectivity index (χ1n) is 6.98. The van der Waals surface area contributed by atoms with Gasteiger partial charge >= 0.3 is 0 Å². The number of hydroxylamine groups is 1. The maximum Gasteiger partial charge on any atom is 0.293 e. The first-order valence-corrected chi connectivity index (χ1v) is 6.98. The van der Waals surface area contributed by atoms with Crippen LogP contribution in [0.2, 0.25) is 0 Å². The van der Waals surface area contributed by atoms with Gasteiger partial charge in [0.1, 0.15) is 11.5 Å². The number of carbonyl (C=O) groups excluding carboxylic acids is 1. The van der Waals surface area contributed by atoms with Gasteiger partial charge in [0.05, 0.1) is 19.1 Å². The van der Waals surface area contributed by atoms with Gasteiger partial charge in [-0.3, -0.25) is 14.2 Å². The van der Waals surface area contributed by atoms with Gasteiger partial charge < -0.3 is 0 Å². The molecule has 23 heavy (non-hydrogen) atoms. The summed E-state index contributed by atoms with van der Waals surface area (Å²) in [6.07, 6.45) is 2.91. The van der Waals surface area contributed by atoms with E-state index in [2.05, 4.69) is 10.5 Å². The van der Waals surface area contributed by atoms with Crippen LogP contribution in [-0.4, -0.2) is 15.5 Å². The number of rotatable bonds is 5. The molecule has 0 atom stereocenters. The molecule has 0 saturated heterocycles. The molecule has 0 radical (unpaired) electrons. The lowest BCUT2D eigenvalue weighted by Gasteiger charge is -2.09. The van der Waals surface area contributed by atoms with Gasteiger partial charge in [0.15, 0.2) is 0 Å². The molecule has 3 aromatic rings. The summed E-state index contributed by atoms with van der Waals surface area (Å²) >= 11 is 0. The third-order valence-corrected chi connectivity index (χ3v) is 3.22. The van der Waals surface area contributed by atoms with Crippen molar-refractivity contribution in [2.24, 2.45) is 0 Å². The summed E-state index contributed by atoms with van der Waals surface area (Å²) in [5.74, 6) is -0.770. The van der Waals surface area contributed by atoms with Gasteiger partial charge in [-0.05, 0) is 29.8 Å². The molecular weight excluding hydrogens is 297 g/mol. The summed E-state index contributed by atoms with van der Waals surface area (Å²) < 4.78 is 14.5. The average molecular weight is 311 g/mol. The van der Waals surface area contributed by atoms with E-state index < -0.39 is 5.91 Å². The molecule has 0 bridgehead atoms. The molecule has 0 saturated carbocycles. The quantitative estimate of drug-likeness (QED) is 0.737. The fourth-order valence-corrected chi connectivity index (χ4v) is 2.08. The second kappa shape index (κ2) is 6.85. The van der Waals surface area contributed by atoms with Gasteiger partial charge in [-0.15, -0.1) is 0 Å². The first kappa shape index (κ1) is 14.9. The van der Waals surface area contributed by atoms with E-state index in [0.29, 0.717) is 11.4 Å². The van der Waals surface area contributed by atoms with Crippen molar-refractivity contribution in [1.29, 1.82) is 0 Å². The number of nitrogens with zero attached hydrogens (tertiary/aromatic N) is 2. The summed E-state index contributed by atoms with van der Waals surface area (Å²) in [5.41, 5.74) is 4.26. The molecule has 0 aliphatic heterocycles. The van der Waals surface area contributed by atoms with Crippen molar-refractivity contribution in [3.05, 3.63) is 84.2 Å². The number of hydrogen-bond acceptors (Lipinski definition) is 3. The molecule has 2 aromatic carbocycles. The van der Waals surface area contributed by atoms with E-state index in [-0.39, 0.29) is 12.4 Å². The normalized spacial score (nSPS) is 10.5. The first-order chi connectivity index (χ1) is 11.2. The van der Waals surface area contributed by atoms with Crippen molar-refractivity contribution < 1.29 is 14.0 Å². The fraction of sp³-hybridized carbons (Fsp3) is 0.0588. The largest absolute Gasteiger partial charge is 0.295 e. The number of carbonyl (C=O) groups is 1. The van der Waals surface area contributed by atoms with E-state index in [1.54, 1.807) is 16.7 Å². The highest BCUT2D eigenvalue weighted by Gasteiger charge is 2.13. The Bertz CT molecular complexity index is 785. The summed E-state index contributed by atoms with van der Waals surface area (Å²) in [7, 11) is 0. The molecule has 1 heterocycles. The highest BCUT2D eigenvalue weighted by atomic mass is 19.1. The summed E-state index contributed by atoms with van der Waals surface area (Å²) in [4.78, 5) is 21.4. The van der Waals surface area contributed by atoms with Crippen LogP contribution in [0.4, 0.5) is 4.39 Å². The smallest absolute Gasteiger partial charge is 0.293 e. The molecule has 0 spiro atoms. The van der Waals surface area contributed by atoms with Crippen LogP contribution in [0.5, 0.6) is 0 Å². The molecule has 0 fully saturated rings. The summed E-state index contributed by atoms with van der Waals surface area (Å²) in [6.45, 7) is 0.261. The average Bonchev–Trinajstić information content (AvgIpc) is 3.06. The Morgan fingerprint density at radius 3 is 2.61 bits per heavy atom. The minimum Gasteiger partial charge on any atom is -0.295 e. The molecule has 0 unspecified atom stereocenters. The van der Waals surface area contributed by atoms with Crippen molar-refractivity contribution in [1.82, 2.24) is 15.0 Å². The van der Waals surface area contributed by atoms with Crippen LogP contribution >= 0.6 is 0 Å². The Labute approximate surface area is 132 Å². The van der Waals surface area contributed by atoms with Crippen molar-refractivity contribution in [3.8, 4) is 5.69 Å². The van der Waals surface area contributed by atoms with E-state index >= 15 is 0 Å². The van der Waals surface area contributed by atoms with Crippen LogP contribution < -0.4 is 5.48 Å². The van der Waals surface area contributed by atoms with Crippen LogP contribution in [0.15, 0.2) is 67.1 Å². The zero-order valence-corrected chi connectivity index (χ0v) is 12.1. The number of halogens is 1. The van der Waals surface area contributed by atoms with Gasteiger partial charge in [-0.25, -0.2) is 14.9 Å². The second-order valence-corrected chi connectivity index (χ2v) is 4.83. The SMILES string of the molecule is O=C(NOCc1ccccc1)c1cncn1-c1ccc(F)cc1. The molecule has 5 nitrogen and oxygen atoms in total. The molecule has 0 aliphatic rings. The van der Waals surface area contributed by atoms with E-state index in [1.807, 2.05) is 30.3 Å². The Kier molecular flexibility index (Phi) is 4.44. The lowest BCUT2D eigenvalue weighted by Crippen LogP contribution is -2.25. The molecule has 1 N–H and O–H groups in total. The maximum absolute atomic E-state index is 13.0. The Morgan fingerprint density at radius 2 is 1.87 bits per heavy atom. The topological polar surface area (TPSA) is 56.1 Å². The molecule has 3 rings (SSSR count). The molecule has 6 heteroatoms. The number of nitrogens with one attached hydrogen (secondary N) is 1. The standard InChI is InChI=1S/C17H14FN3O2/c18-14-6-8-15(9-7-14)21-12-19-10-16(21)17(22)20-23-11-13-4-2-1-3-5-13/h1-10,12H,11H2,(H,20,22). The second-order valence-electron chi connectivity index (χ2n) is 4.83. The summed E-state index contributed by atoms with van der Waals surface area (Å²) in [6, 6.07) is 15.3. The Hall–Kier alpha value is -2.99. The number of amides is 1.